The second-order valence-electron chi connectivity index (χ2n) is 3.31. The Balaban J connectivity index is 2.14. The topological polar surface area (TPSA) is 59.1 Å². The van der Waals surface area contributed by atoms with Crippen molar-refractivity contribution in [2.45, 2.75) is 17.7 Å². The van der Waals surface area contributed by atoms with Crippen LogP contribution in [0.25, 0.3) is 0 Å². The number of sulfonamides is 1. The molecule has 0 aliphatic rings. The molecule has 0 unspecified atom stereocenters. The van der Waals surface area contributed by atoms with Crippen LogP contribution in [0.5, 0.6) is 0 Å². The van der Waals surface area contributed by atoms with Crippen molar-refractivity contribution in [1.29, 1.82) is 0 Å². The van der Waals surface area contributed by atoms with E-state index in [1.54, 1.807) is 17.8 Å². The fraction of sp³-hybridized carbons (Fsp3) is 0.222. The Bertz CT molecular complexity index is 585. The summed E-state index contributed by atoms with van der Waals surface area (Å²) >= 11 is 5.95. The Morgan fingerprint density at radius 1 is 1.53 bits per heavy atom. The Morgan fingerprint density at radius 3 is 2.82 bits per heavy atom. The summed E-state index contributed by atoms with van der Waals surface area (Å²) in [5.74, 6) is 0. The fourth-order valence-electron chi connectivity index (χ4n) is 1.13. The summed E-state index contributed by atoms with van der Waals surface area (Å²) in [6.45, 7) is 2.14. The maximum Gasteiger partial charge on any atom is 0.250 e. The van der Waals surface area contributed by atoms with Gasteiger partial charge >= 0.3 is 0 Å². The largest absolute Gasteiger partial charge is 0.253 e. The van der Waals surface area contributed by atoms with Gasteiger partial charge in [-0.15, -0.1) is 22.7 Å². The van der Waals surface area contributed by atoms with Gasteiger partial charge in [-0.1, -0.05) is 0 Å². The molecular formula is C9H9BrN2O2S3. The van der Waals surface area contributed by atoms with Crippen molar-refractivity contribution in [3.8, 4) is 0 Å². The number of aromatic nitrogens is 1. The van der Waals surface area contributed by atoms with Gasteiger partial charge < -0.3 is 0 Å². The van der Waals surface area contributed by atoms with Crippen molar-refractivity contribution >= 4 is 48.6 Å². The predicted octanol–water partition coefficient (Wildman–Crippen LogP) is 2.75. The molecule has 0 atom stereocenters. The quantitative estimate of drug-likeness (QED) is 0.920. The van der Waals surface area contributed by atoms with Crippen LogP contribution in [0.2, 0.25) is 0 Å². The van der Waals surface area contributed by atoms with Crippen molar-refractivity contribution in [2.75, 3.05) is 0 Å². The van der Waals surface area contributed by atoms with E-state index in [9.17, 15) is 8.42 Å². The zero-order valence-corrected chi connectivity index (χ0v) is 12.8. The smallest absolute Gasteiger partial charge is 0.250 e. The van der Waals surface area contributed by atoms with Gasteiger partial charge in [0.25, 0.3) is 0 Å². The first-order valence-electron chi connectivity index (χ1n) is 4.62. The van der Waals surface area contributed by atoms with Crippen LogP contribution in [0.1, 0.15) is 10.4 Å². The van der Waals surface area contributed by atoms with Crippen LogP contribution < -0.4 is 4.72 Å². The van der Waals surface area contributed by atoms with Crippen LogP contribution >= 0.6 is 38.6 Å². The van der Waals surface area contributed by atoms with E-state index in [-0.39, 0.29) is 6.54 Å². The molecule has 0 aliphatic heterocycles. The summed E-state index contributed by atoms with van der Waals surface area (Å²) in [5, 5.41) is 0. The van der Waals surface area contributed by atoms with Crippen molar-refractivity contribution in [3.63, 3.8) is 0 Å². The third-order valence-electron chi connectivity index (χ3n) is 2.02. The Morgan fingerprint density at radius 2 is 2.29 bits per heavy atom. The number of nitrogens with zero attached hydrogens (tertiary/aromatic N) is 1. The highest BCUT2D eigenvalue weighted by Gasteiger charge is 2.18. The van der Waals surface area contributed by atoms with Gasteiger partial charge in [-0.2, -0.15) is 0 Å². The molecule has 1 N–H and O–H groups in total. The van der Waals surface area contributed by atoms with Gasteiger partial charge in [-0.3, -0.25) is 4.98 Å². The maximum atomic E-state index is 12.0. The van der Waals surface area contributed by atoms with E-state index in [0.717, 1.165) is 14.2 Å². The molecule has 0 fully saturated rings. The van der Waals surface area contributed by atoms with Crippen LogP contribution in [0.4, 0.5) is 0 Å². The summed E-state index contributed by atoms with van der Waals surface area (Å²) in [6, 6.07) is 1.66. The molecule has 0 aliphatic carbocycles. The van der Waals surface area contributed by atoms with Crippen molar-refractivity contribution in [1.82, 2.24) is 9.71 Å². The number of thiazole rings is 1. The van der Waals surface area contributed by atoms with Gasteiger partial charge in [-0.25, -0.2) is 13.1 Å². The summed E-state index contributed by atoms with van der Waals surface area (Å²) in [7, 11) is -3.42. The molecule has 2 aromatic heterocycles. The minimum absolute atomic E-state index is 0.279. The van der Waals surface area contributed by atoms with Crippen LogP contribution in [0, 0.1) is 6.92 Å². The third-order valence-corrected chi connectivity index (χ3v) is 6.81. The first kappa shape index (κ1) is 13.2. The lowest BCUT2D eigenvalue weighted by Gasteiger charge is -2.01. The summed E-state index contributed by atoms with van der Waals surface area (Å²) in [5.41, 5.74) is 2.60. The molecule has 8 heteroatoms. The molecule has 0 amide bonds. The van der Waals surface area contributed by atoms with Gasteiger partial charge in [0.05, 0.1) is 9.30 Å². The number of nitrogens with one attached hydrogen (secondary N) is 1. The van der Waals surface area contributed by atoms with Crippen LogP contribution in [0.15, 0.2) is 25.8 Å². The van der Waals surface area contributed by atoms with Crippen molar-refractivity contribution < 1.29 is 8.42 Å². The molecule has 2 aromatic rings. The first-order valence-corrected chi connectivity index (χ1v) is 8.59. The molecular weight excluding hydrogens is 344 g/mol. The third kappa shape index (κ3) is 3.14. The number of aryl methyl sites for hydroxylation is 1. The van der Waals surface area contributed by atoms with Crippen LogP contribution in [0.3, 0.4) is 0 Å². The van der Waals surface area contributed by atoms with E-state index in [2.05, 4.69) is 25.6 Å². The normalized spacial score (nSPS) is 11.9. The Hall–Kier alpha value is -0.280. The second kappa shape index (κ2) is 5.15. The lowest BCUT2D eigenvalue weighted by Crippen LogP contribution is -2.21. The molecule has 2 rings (SSSR count). The lowest BCUT2D eigenvalue weighted by molar-refractivity contribution is 0.584. The Kier molecular flexibility index (Phi) is 3.99. The van der Waals surface area contributed by atoms with E-state index in [0.29, 0.717) is 4.21 Å². The zero-order chi connectivity index (χ0) is 12.5. The van der Waals surface area contributed by atoms with E-state index in [1.807, 2.05) is 6.92 Å². The molecule has 92 valence electrons. The molecule has 0 radical (unpaired) electrons. The highest BCUT2D eigenvalue weighted by molar-refractivity contribution is 9.11. The van der Waals surface area contributed by atoms with Gasteiger partial charge in [0.2, 0.25) is 10.0 Å². The average molecular weight is 353 g/mol. The molecule has 17 heavy (non-hydrogen) atoms. The standard InChI is InChI=1S/C9H9BrN2O2S3/c1-6-2-8(16-9(6)10)17(13,14)12-4-7-3-11-5-15-7/h2-3,5,12H,4H2,1H3. The monoisotopic (exact) mass is 352 g/mol. The minimum Gasteiger partial charge on any atom is -0.253 e. The van der Waals surface area contributed by atoms with E-state index >= 15 is 0 Å². The number of hydrogen-bond acceptors (Lipinski definition) is 5. The van der Waals surface area contributed by atoms with Crippen molar-refractivity contribution in [2.24, 2.45) is 0 Å². The van der Waals surface area contributed by atoms with E-state index in [1.165, 1.54) is 22.7 Å². The molecule has 2 heterocycles. The first-order chi connectivity index (χ1) is 7.99. The van der Waals surface area contributed by atoms with Crippen LogP contribution in [-0.4, -0.2) is 13.4 Å². The molecule has 4 nitrogen and oxygen atoms in total. The SMILES string of the molecule is Cc1cc(S(=O)(=O)NCc2cncs2)sc1Br. The number of halogens is 1. The molecule has 0 saturated carbocycles. The maximum absolute atomic E-state index is 12.0. The zero-order valence-electron chi connectivity index (χ0n) is 8.81. The van der Waals surface area contributed by atoms with Gasteiger partial charge in [0, 0.05) is 17.6 Å². The molecule has 0 bridgehead atoms. The summed E-state index contributed by atoms with van der Waals surface area (Å²) in [6.07, 6.45) is 1.66. The number of hydrogen-bond donors (Lipinski definition) is 1. The Labute approximate surface area is 116 Å². The van der Waals surface area contributed by atoms with Crippen LogP contribution in [-0.2, 0) is 16.6 Å². The highest BCUT2D eigenvalue weighted by atomic mass is 79.9. The van der Waals surface area contributed by atoms with E-state index < -0.39 is 10.0 Å². The van der Waals surface area contributed by atoms with Gasteiger partial charge in [-0.05, 0) is 34.5 Å². The molecule has 0 saturated heterocycles. The average Bonchev–Trinajstić information content (AvgIpc) is 2.87. The minimum atomic E-state index is -3.42. The number of thiophene rings is 1. The van der Waals surface area contributed by atoms with Gasteiger partial charge in [0.1, 0.15) is 4.21 Å². The van der Waals surface area contributed by atoms with Gasteiger partial charge in [0.15, 0.2) is 0 Å². The fourth-order valence-corrected chi connectivity index (χ4v) is 5.03. The van der Waals surface area contributed by atoms with E-state index in [4.69, 9.17) is 0 Å². The summed E-state index contributed by atoms with van der Waals surface area (Å²) in [4.78, 5) is 4.78. The molecule has 0 aromatic carbocycles. The number of rotatable bonds is 4. The van der Waals surface area contributed by atoms with Crippen molar-refractivity contribution in [3.05, 3.63) is 32.0 Å². The highest BCUT2D eigenvalue weighted by Crippen LogP contribution is 2.30. The second-order valence-corrected chi connectivity index (χ2v) is 8.65. The predicted molar refractivity (Wildman–Crippen MR) is 72.9 cm³/mol. The molecule has 0 spiro atoms. The lowest BCUT2D eigenvalue weighted by atomic mass is 10.4. The summed E-state index contributed by atoms with van der Waals surface area (Å²) < 4.78 is 27.6.